The van der Waals surface area contributed by atoms with Crippen molar-refractivity contribution in [1.29, 1.82) is 0 Å². The number of nitrogens with one attached hydrogen (secondary N) is 1. The molecule has 2 aromatic rings. The van der Waals surface area contributed by atoms with Crippen molar-refractivity contribution in [3.63, 3.8) is 0 Å². The lowest BCUT2D eigenvalue weighted by Crippen LogP contribution is -2.33. The molecular weight excluding hydrogens is 236 g/mol. The molecule has 17 heavy (non-hydrogen) atoms. The Morgan fingerprint density at radius 3 is 3.00 bits per heavy atom. The van der Waals surface area contributed by atoms with Crippen molar-refractivity contribution >= 4 is 17.2 Å². The van der Waals surface area contributed by atoms with E-state index >= 15 is 0 Å². The van der Waals surface area contributed by atoms with E-state index in [2.05, 4.69) is 15.5 Å². The molecule has 6 heteroatoms. The summed E-state index contributed by atoms with van der Waals surface area (Å²) in [5, 5.41) is 12.2. The fourth-order valence-corrected chi connectivity index (χ4v) is 2.04. The fourth-order valence-electron chi connectivity index (χ4n) is 1.31. The summed E-state index contributed by atoms with van der Waals surface area (Å²) in [5.74, 6) is -0.210. The first-order chi connectivity index (χ1) is 8.27. The van der Waals surface area contributed by atoms with E-state index in [1.165, 1.54) is 11.3 Å². The van der Waals surface area contributed by atoms with E-state index in [9.17, 15) is 4.79 Å². The largest absolute Gasteiger partial charge is 0.349 e. The summed E-state index contributed by atoms with van der Waals surface area (Å²) < 4.78 is 0. The van der Waals surface area contributed by atoms with Crippen LogP contribution >= 0.6 is 11.3 Å². The Morgan fingerprint density at radius 2 is 2.35 bits per heavy atom. The molecule has 0 aromatic carbocycles. The lowest BCUT2D eigenvalue weighted by molar-refractivity contribution is -0.122. The summed E-state index contributed by atoms with van der Waals surface area (Å²) in [6.07, 6.45) is 1.59. The quantitative estimate of drug-likeness (QED) is 0.840. The summed E-state index contributed by atoms with van der Waals surface area (Å²) in [7, 11) is 0. The van der Waals surface area contributed by atoms with E-state index in [1.54, 1.807) is 18.3 Å². The van der Waals surface area contributed by atoms with Crippen molar-refractivity contribution in [2.45, 2.75) is 12.6 Å². The van der Waals surface area contributed by atoms with E-state index in [0.29, 0.717) is 12.2 Å². The van der Waals surface area contributed by atoms with Crippen LogP contribution in [0.25, 0.3) is 0 Å². The molecule has 0 spiro atoms. The van der Waals surface area contributed by atoms with Gasteiger partial charge >= 0.3 is 0 Å². The van der Waals surface area contributed by atoms with Crippen LogP contribution in [0.2, 0.25) is 0 Å². The van der Waals surface area contributed by atoms with Crippen LogP contribution in [0.15, 0.2) is 35.8 Å². The summed E-state index contributed by atoms with van der Waals surface area (Å²) in [5.41, 5.74) is 6.52. The van der Waals surface area contributed by atoms with Gasteiger partial charge in [-0.1, -0.05) is 6.07 Å². The molecular formula is C11H12N4OS. The molecule has 0 aliphatic heterocycles. The van der Waals surface area contributed by atoms with Crippen molar-refractivity contribution in [1.82, 2.24) is 15.5 Å². The molecule has 88 valence electrons. The Kier molecular flexibility index (Phi) is 3.79. The van der Waals surface area contributed by atoms with Gasteiger partial charge in [-0.3, -0.25) is 4.79 Å². The maximum atomic E-state index is 11.7. The monoisotopic (exact) mass is 248 g/mol. The lowest BCUT2D eigenvalue weighted by Gasteiger charge is -2.09. The number of hydrogen-bond donors (Lipinski definition) is 2. The number of hydrogen-bond acceptors (Lipinski definition) is 5. The number of carbonyl (C=O) groups excluding carboxylic acids is 1. The molecule has 0 fully saturated rings. The number of rotatable bonds is 4. The van der Waals surface area contributed by atoms with Crippen LogP contribution in [0.4, 0.5) is 0 Å². The van der Waals surface area contributed by atoms with Gasteiger partial charge in [0, 0.05) is 11.1 Å². The van der Waals surface area contributed by atoms with Crippen molar-refractivity contribution in [2.75, 3.05) is 0 Å². The molecule has 3 N–H and O–H groups in total. The summed E-state index contributed by atoms with van der Waals surface area (Å²) in [6.45, 7) is 0.339. The van der Waals surface area contributed by atoms with Gasteiger partial charge in [0.05, 0.1) is 12.2 Å². The third kappa shape index (κ3) is 3.08. The van der Waals surface area contributed by atoms with Gasteiger partial charge in [0.25, 0.3) is 0 Å². The zero-order valence-electron chi connectivity index (χ0n) is 9.04. The zero-order valence-corrected chi connectivity index (χ0v) is 9.85. The van der Waals surface area contributed by atoms with Crippen LogP contribution < -0.4 is 11.1 Å². The van der Waals surface area contributed by atoms with Crippen LogP contribution in [0.5, 0.6) is 0 Å². The summed E-state index contributed by atoms with van der Waals surface area (Å²) in [6, 6.07) is 6.66. The second-order valence-corrected chi connectivity index (χ2v) is 4.41. The van der Waals surface area contributed by atoms with Crippen LogP contribution in [-0.2, 0) is 11.3 Å². The third-order valence-corrected chi connectivity index (χ3v) is 3.16. The maximum absolute atomic E-state index is 11.7. The normalized spacial score (nSPS) is 12.1. The highest BCUT2D eigenvalue weighted by Gasteiger charge is 2.16. The molecule has 1 unspecified atom stereocenters. The number of carbonyl (C=O) groups is 1. The van der Waals surface area contributed by atoms with E-state index in [0.717, 1.165) is 4.88 Å². The topological polar surface area (TPSA) is 80.9 Å². The molecule has 0 saturated carbocycles. The Labute approximate surface area is 103 Å². The Bertz CT molecular complexity index is 471. The van der Waals surface area contributed by atoms with Crippen molar-refractivity contribution in [2.24, 2.45) is 5.73 Å². The first kappa shape index (κ1) is 11.7. The predicted octanol–water partition coefficient (Wildman–Crippen LogP) is 0.854. The molecule has 0 aliphatic carbocycles. The number of nitrogens with two attached hydrogens (primary N) is 1. The Hall–Kier alpha value is -1.79. The SMILES string of the molecule is NC(C(=O)NCc1cccnn1)c1cccs1. The zero-order chi connectivity index (χ0) is 12.1. The molecule has 0 bridgehead atoms. The van der Waals surface area contributed by atoms with E-state index in [4.69, 9.17) is 5.73 Å². The Morgan fingerprint density at radius 1 is 1.47 bits per heavy atom. The molecule has 2 aromatic heterocycles. The number of amides is 1. The van der Waals surface area contributed by atoms with Gasteiger partial charge in [-0.15, -0.1) is 11.3 Å². The van der Waals surface area contributed by atoms with Crippen LogP contribution in [0, 0.1) is 0 Å². The molecule has 2 rings (SSSR count). The first-order valence-electron chi connectivity index (χ1n) is 5.10. The summed E-state index contributed by atoms with van der Waals surface area (Å²) >= 11 is 1.47. The van der Waals surface area contributed by atoms with E-state index in [-0.39, 0.29) is 5.91 Å². The van der Waals surface area contributed by atoms with Crippen molar-refractivity contribution in [3.8, 4) is 0 Å². The maximum Gasteiger partial charge on any atom is 0.242 e. The lowest BCUT2D eigenvalue weighted by atomic mass is 10.2. The van der Waals surface area contributed by atoms with Gasteiger partial charge in [0.1, 0.15) is 6.04 Å². The number of nitrogens with zero attached hydrogens (tertiary/aromatic N) is 2. The fraction of sp³-hybridized carbons (Fsp3) is 0.182. The van der Waals surface area contributed by atoms with Gasteiger partial charge in [-0.25, -0.2) is 0 Å². The minimum absolute atomic E-state index is 0.210. The Balaban J connectivity index is 1.90. The van der Waals surface area contributed by atoms with Crippen LogP contribution in [0.1, 0.15) is 16.6 Å². The molecule has 5 nitrogen and oxygen atoms in total. The van der Waals surface area contributed by atoms with Gasteiger partial charge in [0.2, 0.25) is 5.91 Å². The third-order valence-electron chi connectivity index (χ3n) is 2.20. The van der Waals surface area contributed by atoms with Crippen molar-refractivity contribution in [3.05, 3.63) is 46.4 Å². The van der Waals surface area contributed by atoms with Crippen molar-refractivity contribution < 1.29 is 4.79 Å². The molecule has 1 atom stereocenters. The minimum atomic E-state index is -0.619. The molecule has 0 saturated heterocycles. The minimum Gasteiger partial charge on any atom is -0.349 e. The second-order valence-electron chi connectivity index (χ2n) is 3.43. The van der Waals surface area contributed by atoms with Gasteiger partial charge in [-0.2, -0.15) is 10.2 Å². The highest BCUT2D eigenvalue weighted by molar-refractivity contribution is 7.10. The molecule has 2 heterocycles. The smallest absolute Gasteiger partial charge is 0.242 e. The van der Waals surface area contributed by atoms with Gasteiger partial charge in [0.15, 0.2) is 0 Å². The van der Waals surface area contributed by atoms with Crippen LogP contribution in [-0.4, -0.2) is 16.1 Å². The standard InChI is InChI=1S/C11H12N4OS/c12-10(9-4-2-6-17-9)11(16)13-7-8-3-1-5-14-15-8/h1-6,10H,7,12H2,(H,13,16). The molecule has 0 radical (unpaired) electrons. The molecule has 1 amide bonds. The predicted molar refractivity (Wildman–Crippen MR) is 65.1 cm³/mol. The molecule has 0 aliphatic rings. The van der Waals surface area contributed by atoms with Crippen LogP contribution in [0.3, 0.4) is 0 Å². The number of thiophene rings is 1. The average molecular weight is 248 g/mol. The average Bonchev–Trinajstić information content (AvgIpc) is 2.90. The van der Waals surface area contributed by atoms with E-state index in [1.807, 2.05) is 17.5 Å². The first-order valence-corrected chi connectivity index (χ1v) is 5.98. The van der Waals surface area contributed by atoms with Gasteiger partial charge < -0.3 is 11.1 Å². The van der Waals surface area contributed by atoms with E-state index < -0.39 is 6.04 Å². The second kappa shape index (κ2) is 5.51. The van der Waals surface area contributed by atoms with Gasteiger partial charge in [-0.05, 0) is 23.6 Å². The number of aromatic nitrogens is 2. The highest BCUT2D eigenvalue weighted by Crippen LogP contribution is 2.16. The highest BCUT2D eigenvalue weighted by atomic mass is 32.1. The summed E-state index contributed by atoms with van der Waals surface area (Å²) in [4.78, 5) is 12.6.